The minimum absolute atomic E-state index is 0.483. The molecule has 0 radical (unpaired) electrons. The zero-order valence-electron chi connectivity index (χ0n) is 19.2. The van der Waals surface area contributed by atoms with Gasteiger partial charge in [0.1, 0.15) is 0 Å². The Balaban J connectivity index is 2.30. The van der Waals surface area contributed by atoms with Crippen LogP contribution >= 0.6 is 0 Å². The zero-order chi connectivity index (χ0) is 19.9. The summed E-state index contributed by atoms with van der Waals surface area (Å²) in [6.45, 7) is 14.8. The van der Waals surface area contributed by atoms with Crippen LogP contribution in [-0.4, -0.2) is 18.4 Å². The summed E-state index contributed by atoms with van der Waals surface area (Å²) >= 11 is -2.14. The molecule has 154 valence electrons. The first-order chi connectivity index (χ1) is 12.9. The predicted octanol–water partition coefficient (Wildman–Crippen LogP) is 8.74. The standard InChI is InChI=1S/C14H19.3C4H9.Sn/c1-14(2,3)13-10-12(13)9-11-7-5-4-6-8-11;3*1-3-4-2;/h4-8,10,12-13H,9H2,1-3H3;3*1,3-4H2,2H3;/t12-,13-;;;;/m0..../s1. The molecule has 1 aliphatic rings. The first kappa shape index (κ1) is 23.3. The fourth-order valence-electron chi connectivity index (χ4n) is 5.99. The summed E-state index contributed by atoms with van der Waals surface area (Å²) < 4.78 is 6.17. The fraction of sp³-hybridized carbons (Fsp3) is 0.769. The molecule has 0 bridgehead atoms. The second kappa shape index (κ2) is 10.7. The third-order valence-corrected chi connectivity index (χ3v) is 25.1. The molecule has 0 saturated heterocycles. The van der Waals surface area contributed by atoms with E-state index in [1.165, 1.54) is 44.9 Å². The van der Waals surface area contributed by atoms with Gasteiger partial charge in [-0.2, -0.15) is 0 Å². The average molecular weight is 477 g/mol. The van der Waals surface area contributed by atoms with Crippen molar-refractivity contribution in [3.63, 3.8) is 0 Å². The van der Waals surface area contributed by atoms with Crippen LogP contribution in [0, 0.1) is 17.3 Å². The van der Waals surface area contributed by atoms with Crippen molar-refractivity contribution in [2.75, 3.05) is 0 Å². The van der Waals surface area contributed by atoms with Crippen molar-refractivity contribution in [2.24, 2.45) is 17.3 Å². The Morgan fingerprint density at radius 1 is 0.778 bits per heavy atom. The molecule has 2 rings (SSSR count). The first-order valence-corrected chi connectivity index (χ1v) is 19.6. The second-order valence-electron chi connectivity index (χ2n) is 10.4. The molecule has 0 aromatic heterocycles. The Morgan fingerprint density at radius 2 is 1.26 bits per heavy atom. The molecule has 0 heterocycles. The molecule has 27 heavy (non-hydrogen) atoms. The van der Waals surface area contributed by atoms with E-state index >= 15 is 0 Å². The molecule has 0 nitrogen and oxygen atoms in total. The Hall–Kier alpha value is 0.0187. The van der Waals surface area contributed by atoms with Crippen molar-refractivity contribution in [1.29, 1.82) is 0 Å². The molecule has 3 atom stereocenters. The monoisotopic (exact) mass is 478 g/mol. The molecule has 1 saturated carbocycles. The quantitative estimate of drug-likeness (QED) is 0.264. The van der Waals surface area contributed by atoms with Crippen molar-refractivity contribution in [2.45, 2.75) is 104 Å². The van der Waals surface area contributed by atoms with Gasteiger partial charge in [0.15, 0.2) is 0 Å². The first-order valence-electron chi connectivity index (χ1n) is 11.9. The minimum atomic E-state index is -2.14. The van der Waals surface area contributed by atoms with E-state index in [0.717, 1.165) is 15.8 Å². The maximum atomic E-state index is 2.53. The SMILES string of the molecule is CCC[CH2][Sn]([CH2]CCC)([CH2]CCC)[C@@H]1[C@H](Cc2ccccc2)[C@H]1C(C)(C)C. The van der Waals surface area contributed by atoms with Crippen LogP contribution in [0.4, 0.5) is 0 Å². The van der Waals surface area contributed by atoms with Crippen LogP contribution in [0.3, 0.4) is 0 Å². The molecule has 0 amide bonds. The number of benzene rings is 1. The van der Waals surface area contributed by atoms with Gasteiger partial charge in [0, 0.05) is 0 Å². The van der Waals surface area contributed by atoms with E-state index < -0.39 is 18.4 Å². The summed E-state index contributed by atoms with van der Waals surface area (Å²) in [6.07, 6.45) is 10.1. The molecule has 0 spiro atoms. The Bertz CT molecular complexity index is 505. The van der Waals surface area contributed by atoms with Gasteiger partial charge < -0.3 is 0 Å². The summed E-state index contributed by atoms with van der Waals surface area (Å²) in [6, 6.07) is 11.4. The van der Waals surface area contributed by atoms with E-state index in [9.17, 15) is 0 Å². The van der Waals surface area contributed by atoms with Gasteiger partial charge >= 0.3 is 175 Å². The van der Waals surface area contributed by atoms with Crippen LogP contribution in [0.5, 0.6) is 0 Å². The van der Waals surface area contributed by atoms with Crippen molar-refractivity contribution in [1.82, 2.24) is 0 Å². The van der Waals surface area contributed by atoms with E-state index in [2.05, 4.69) is 71.9 Å². The Labute approximate surface area is 174 Å². The van der Waals surface area contributed by atoms with Crippen molar-refractivity contribution < 1.29 is 0 Å². The number of hydrogen-bond acceptors (Lipinski definition) is 0. The summed E-state index contributed by atoms with van der Waals surface area (Å²) in [7, 11) is 0. The molecule has 1 aliphatic carbocycles. The van der Waals surface area contributed by atoms with Gasteiger partial charge in [0.05, 0.1) is 0 Å². The van der Waals surface area contributed by atoms with Crippen molar-refractivity contribution in [3.8, 4) is 0 Å². The molecular formula is C26H46Sn. The molecule has 1 aromatic rings. The number of hydrogen-bond donors (Lipinski definition) is 0. The van der Waals surface area contributed by atoms with Gasteiger partial charge in [-0.15, -0.1) is 0 Å². The summed E-state index contributed by atoms with van der Waals surface area (Å²) in [5, 5.41) is 0. The van der Waals surface area contributed by atoms with Gasteiger partial charge in [0.2, 0.25) is 0 Å². The van der Waals surface area contributed by atoms with Gasteiger partial charge in [-0.05, 0) is 0 Å². The maximum absolute atomic E-state index is 2.53. The van der Waals surface area contributed by atoms with Crippen LogP contribution in [-0.2, 0) is 6.42 Å². The van der Waals surface area contributed by atoms with Gasteiger partial charge in [0.25, 0.3) is 0 Å². The van der Waals surface area contributed by atoms with E-state index in [4.69, 9.17) is 0 Å². The molecule has 1 fully saturated rings. The van der Waals surface area contributed by atoms with Crippen molar-refractivity contribution >= 4 is 18.4 Å². The zero-order valence-corrected chi connectivity index (χ0v) is 22.0. The van der Waals surface area contributed by atoms with E-state index in [0.29, 0.717) is 5.41 Å². The van der Waals surface area contributed by atoms with E-state index in [1.54, 1.807) is 18.9 Å². The van der Waals surface area contributed by atoms with Crippen molar-refractivity contribution in [3.05, 3.63) is 35.9 Å². The molecule has 1 heteroatoms. The van der Waals surface area contributed by atoms with Crippen LogP contribution in [0.15, 0.2) is 30.3 Å². The number of rotatable bonds is 12. The predicted molar refractivity (Wildman–Crippen MR) is 125 cm³/mol. The average Bonchev–Trinajstić information content (AvgIpc) is 3.37. The number of unbranched alkanes of at least 4 members (excludes halogenated alkanes) is 3. The topological polar surface area (TPSA) is 0 Å². The molecule has 1 aromatic carbocycles. The third-order valence-electron chi connectivity index (χ3n) is 7.27. The molecule has 0 aliphatic heterocycles. The molecule has 0 unspecified atom stereocenters. The van der Waals surface area contributed by atoms with E-state index in [-0.39, 0.29) is 0 Å². The summed E-state index contributed by atoms with van der Waals surface area (Å²) in [5.74, 6) is 1.97. The Kier molecular flexibility index (Phi) is 9.23. The second-order valence-corrected chi connectivity index (χ2v) is 24.4. The Morgan fingerprint density at radius 3 is 1.67 bits per heavy atom. The molecular weight excluding hydrogens is 431 g/mol. The van der Waals surface area contributed by atoms with Gasteiger partial charge in [-0.1, -0.05) is 0 Å². The molecule has 0 N–H and O–H groups in total. The van der Waals surface area contributed by atoms with E-state index in [1.807, 2.05) is 0 Å². The van der Waals surface area contributed by atoms with Crippen LogP contribution in [0.2, 0.25) is 17.2 Å². The summed E-state index contributed by atoms with van der Waals surface area (Å²) in [4.78, 5) is 0. The van der Waals surface area contributed by atoms with Crippen LogP contribution in [0.1, 0.15) is 85.6 Å². The fourth-order valence-corrected chi connectivity index (χ4v) is 27.6. The van der Waals surface area contributed by atoms with Crippen LogP contribution in [0.25, 0.3) is 0 Å². The normalized spacial score (nSPS) is 22.8. The van der Waals surface area contributed by atoms with Gasteiger partial charge in [-0.3, -0.25) is 0 Å². The van der Waals surface area contributed by atoms with Gasteiger partial charge in [-0.25, -0.2) is 0 Å². The van der Waals surface area contributed by atoms with Crippen LogP contribution < -0.4 is 0 Å². The summed E-state index contributed by atoms with van der Waals surface area (Å²) in [5.41, 5.74) is 2.07. The third kappa shape index (κ3) is 6.25.